The van der Waals surface area contributed by atoms with E-state index in [1.54, 1.807) is 6.20 Å². The topological polar surface area (TPSA) is 131 Å². The maximum absolute atomic E-state index is 13.7. The number of aromatic amines is 1. The first-order valence-electron chi connectivity index (χ1n) is 14.9. The maximum Gasteiger partial charge on any atom is 0.254 e. The third-order valence-corrected chi connectivity index (χ3v) is 9.00. The predicted molar refractivity (Wildman–Crippen MR) is 155 cm³/mol. The molecule has 1 amide bonds. The number of H-pyrrole nitrogens is 1. The number of carbonyl (C=O) groups is 1. The van der Waals surface area contributed by atoms with Gasteiger partial charge < -0.3 is 30.0 Å². The predicted octanol–water partition coefficient (Wildman–Crippen LogP) is 3.80. The van der Waals surface area contributed by atoms with Crippen LogP contribution in [0.3, 0.4) is 0 Å². The second-order valence-corrected chi connectivity index (χ2v) is 11.4. The fourth-order valence-electron chi connectivity index (χ4n) is 6.81. The lowest BCUT2D eigenvalue weighted by molar-refractivity contribution is 0.00158. The van der Waals surface area contributed by atoms with E-state index in [2.05, 4.69) is 31.6 Å². The summed E-state index contributed by atoms with van der Waals surface area (Å²) in [5.41, 5.74) is 3.51. The molecule has 2 aromatic heterocycles. The molecule has 11 nitrogen and oxygen atoms in total. The van der Waals surface area contributed by atoms with E-state index >= 15 is 0 Å². The molecule has 2 saturated heterocycles. The number of fused-ring (bicyclic) bond motifs is 2. The molecule has 3 aromatic rings. The van der Waals surface area contributed by atoms with Gasteiger partial charge in [0.2, 0.25) is 5.95 Å². The number of carbonyl (C=O) groups excluding carboxylic acids is 1. The number of nitrogens with one attached hydrogen (secondary N) is 3. The highest BCUT2D eigenvalue weighted by Crippen LogP contribution is 2.39. The van der Waals surface area contributed by atoms with Gasteiger partial charge in [0.1, 0.15) is 23.3 Å². The molecular formula is C30H36N8O3. The molecule has 3 fully saturated rings. The summed E-state index contributed by atoms with van der Waals surface area (Å²) < 4.78 is 11.6. The summed E-state index contributed by atoms with van der Waals surface area (Å²) in [4.78, 5) is 30.7. The third kappa shape index (κ3) is 5.06. The van der Waals surface area contributed by atoms with Crippen LogP contribution in [-0.2, 0) is 11.2 Å². The second-order valence-electron chi connectivity index (χ2n) is 11.4. The van der Waals surface area contributed by atoms with E-state index in [9.17, 15) is 10.1 Å². The second kappa shape index (κ2) is 11.2. The number of nitriles is 1. The molecule has 3 N–H and O–H groups in total. The number of piperidine rings is 1. The van der Waals surface area contributed by atoms with Crippen molar-refractivity contribution in [2.75, 3.05) is 56.6 Å². The van der Waals surface area contributed by atoms with Crippen molar-refractivity contribution in [2.45, 2.75) is 57.0 Å². The highest BCUT2D eigenvalue weighted by molar-refractivity contribution is 5.98. The van der Waals surface area contributed by atoms with Crippen LogP contribution in [0.15, 0.2) is 18.3 Å². The van der Waals surface area contributed by atoms with E-state index in [-0.39, 0.29) is 5.91 Å². The SMILES string of the molecule is N#Cc1c[nH]c2nc(Nc3ccc(C(=O)N4CCC(N5CCOCC5)CC4)c4c3OCC4)nc(NC3CCCC3)c12. The number of benzene rings is 1. The van der Waals surface area contributed by atoms with Crippen LogP contribution < -0.4 is 15.4 Å². The zero-order chi connectivity index (χ0) is 27.8. The molecule has 214 valence electrons. The Bertz CT molecular complexity index is 1480. The minimum Gasteiger partial charge on any atom is -0.491 e. The molecule has 0 unspecified atom stereocenters. The summed E-state index contributed by atoms with van der Waals surface area (Å²) in [5, 5.41) is 17.2. The molecule has 1 aliphatic carbocycles. The number of rotatable bonds is 6. The smallest absolute Gasteiger partial charge is 0.254 e. The van der Waals surface area contributed by atoms with Gasteiger partial charge in [-0.2, -0.15) is 15.2 Å². The average Bonchev–Trinajstić information content (AvgIpc) is 3.79. The molecular weight excluding hydrogens is 520 g/mol. The molecule has 11 heteroatoms. The Kier molecular flexibility index (Phi) is 7.10. The molecule has 3 aliphatic heterocycles. The number of ether oxygens (including phenoxy) is 2. The minimum absolute atomic E-state index is 0.0786. The molecule has 7 rings (SSSR count). The van der Waals surface area contributed by atoms with Crippen molar-refractivity contribution < 1.29 is 14.3 Å². The summed E-state index contributed by atoms with van der Waals surface area (Å²) in [5.74, 6) is 1.84. The van der Waals surface area contributed by atoms with E-state index in [1.807, 2.05) is 17.0 Å². The number of aromatic nitrogens is 3. The lowest BCUT2D eigenvalue weighted by Crippen LogP contribution is -2.50. The summed E-state index contributed by atoms with van der Waals surface area (Å²) in [6.45, 7) is 5.63. The first-order valence-corrected chi connectivity index (χ1v) is 14.9. The Morgan fingerprint density at radius 1 is 1.05 bits per heavy atom. The number of morpholine rings is 1. The van der Waals surface area contributed by atoms with Crippen LogP contribution in [-0.4, -0.2) is 88.7 Å². The van der Waals surface area contributed by atoms with Crippen molar-refractivity contribution >= 4 is 34.4 Å². The lowest BCUT2D eigenvalue weighted by atomic mass is 9.99. The van der Waals surface area contributed by atoms with E-state index in [4.69, 9.17) is 14.5 Å². The van der Waals surface area contributed by atoms with Crippen molar-refractivity contribution in [1.82, 2.24) is 24.8 Å². The largest absolute Gasteiger partial charge is 0.491 e. The number of nitrogens with zero attached hydrogens (tertiary/aromatic N) is 5. The highest BCUT2D eigenvalue weighted by atomic mass is 16.5. The Morgan fingerprint density at radius 2 is 1.85 bits per heavy atom. The van der Waals surface area contributed by atoms with Crippen LogP contribution in [0.25, 0.3) is 11.0 Å². The first-order chi connectivity index (χ1) is 20.2. The number of likely N-dealkylation sites (tertiary alicyclic amines) is 1. The zero-order valence-corrected chi connectivity index (χ0v) is 23.2. The summed E-state index contributed by atoms with van der Waals surface area (Å²) in [7, 11) is 0. The van der Waals surface area contributed by atoms with Crippen molar-refractivity contribution in [1.29, 1.82) is 5.26 Å². The molecule has 0 bridgehead atoms. The number of anilines is 3. The van der Waals surface area contributed by atoms with Gasteiger partial charge in [-0.3, -0.25) is 9.69 Å². The van der Waals surface area contributed by atoms with Crippen molar-refractivity contribution in [3.8, 4) is 11.8 Å². The van der Waals surface area contributed by atoms with Gasteiger partial charge >= 0.3 is 0 Å². The van der Waals surface area contributed by atoms with Gasteiger partial charge in [0.25, 0.3) is 5.91 Å². The average molecular weight is 557 g/mol. The van der Waals surface area contributed by atoms with Gasteiger partial charge in [-0.25, -0.2) is 0 Å². The summed E-state index contributed by atoms with van der Waals surface area (Å²) in [6.07, 6.45) is 8.90. The van der Waals surface area contributed by atoms with E-state index in [1.165, 1.54) is 12.8 Å². The monoisotopic (exact) mass is 556 g/mol. The van der Waals surface area contributed by atoms with Gasteiger partial charge in [-0.05, 0) is 37.8 Å². The molecule has 5 heterocycles. The molecule has 0 radical (unpaired) electrons. The standard InChI is InChI=1S/C30H36N8O3/c31-17-19-18-32-27-25(19)28(33-20-3-1-2-4-20)36-30(35-27)34-24-6-5-23(22-9-14-41-26(22)24)29(39)38-10-7-21(8-11-38)37-12-15-40-16-13-37/h5-6,18,20-21H,1-4,7-16H2,(H3,32,33,34,35,36). The minimum atomic E-state index is 0.0786. The molecule has 4 aliphatic rings. The number of hydrogen-bond donors (Lipinski definition) is 3. The van der Waals surface area contributed by atoms with Crippen LogP contribution in [0.1, 0.15) is 60.0 Å². The van der Waals surface area contributed by atoms with E-state index < -0.39 is 0 Å². The molecule has 0 atom stereocenters. The van der Waals surface area contributed by atoms with Crippen LogP contribution in [0.4, 0.5) is 17.5 Å². The van der Waals surface area contributed by atoms with E-state index in [0.29, 0.717) is 59.2 Å². The summed E-state index contributed by atoms with van der Waals surface area (Å²) in [6, 6.07) is 6.91. The van der Waals surface area contributed by atoms with E-state index in [0.717, 1.165) is 81.9 Å². The summed E-state index contributed by atoms with van der Waals surface area (Å²) >= 11 is 0. The van der Waals surface area contributed by atoms with Gasteiger partial charge in [-0.1, -0.05) is 12.8 Å². The molecule has 1 saturated carbocycles. The number of hydrogen-bond acceptors (Lipinski definition) is 9. The van der Waals surface area contributed by atoms with Gasteiger partial charge in [-0.15, -0.1) is 0 Å². The molecule has 0 spiro atoms. The Labute approximate surface area is 239 Å². The van der Waals surface area contributed by atoms with Gasteiger partial charge in [0.05, 0.1) is 36.5 Å². The van der Waals surface area contributed by atoms with Gasteiger partial charge in [0.15, 0.2) is 0 Å². The first kappa shape index (κ1) is 26.0. The van der Waals surface area contributed by atoms with Crippen LogP contribution in [0.5, 0.6) is 5.75 Å². The number of amides is 1. The Hall–Kier alpha value is -3.88. The van der Waals surface area contributed by atoms with Crippen molar-refractivity contribution in [2.24, 2.45) is 0 Å². The van der Waals surface area contributed by atoms with Crippen LogP contribution in [0.2, 0.25) is 0 Å². The Balaban J connectivity index is 1.11. The lowest BCUT2D eigenvalue weighted by Gasteiger charge is -2.40. The van der Waals surface area contributed by atoms with Crippen molar-refractivity contribution in [3.05, 3.63) is 35.0 Å². The fraction of sp³-hybridized carbons (Fsp3) is 0.533. The van der Waals surface area contributed by atoms with Crippen LogP contribution >= 0.6 is 0 Å². The normalized spacial score (nSPS) is 20.1. The fourth-order valence-corrected chi connectivity index (χ4v) is 6.81. The quantitative estimate of drug-likeness (QED) is 0.415. The molecule has 41 heavy (non-hydrogen) atoms. The molecule has 1 aromatic carbocycles. The van der Waals surface area contributed by atoms with Gasteiger partial charge in [0, 0.05) is 62.0 Å². The third-order valence-electron chi connectivity index (χ3n) is 9.00. The zero-order valence-electron chi connectivity index (χ0n) is 23.2. The Morgan fingerprint density at radius 3 is 2.63 bits per heavy atom. The highest BCUT2D eigenvalue weighted by Gasteiger charge is 2.31. The van der Waals surface area contributed by atoms with Crippen LogP contribution in [0, 0.1) is 11.3 Å². The maximum atomic E-state index is 13.7. The van der Waals surface area contributed by atoms with Crippen molar-refractivity contribution in [3.63, 3.8) is 0 Å².